The van der Waals surface area contributed by atoms with Crippen LogP contribution in [0, 0.1) is 0 Å². The summed E-state index contributed by atoms with van der Waals surface area (Å²) in [7, 11) is 0. The highest BCUT2D eigenvalue weighted by Gasteiger charge is 1.99. The summed E-state index contributed by atoms with van der Waals surface area (Å²) in [6.07, 6.45) is 1.06. The zero-order chi connectivity index (χ0) is 8.97. The average Bonchev–Trinajstić information content (AvgIpc) is 2.01. The standard InChI is InChI=1S/C7H10N2O2S/c1-5(10)4-12-7-8-3-2-6(11)9-7/h2-3,5,10H,4H2,1H3,(H,8,9,11). The average molecular weight is 186 g/mol. The van der Waals surface area contributed by atoms with Gasteiger partial charge in [0.1, 0.15) is 0 Å². The molecule has 0 aliphatic rings. The largest absolute Gasteiger partial charge is 0.393 e. The lowest BCUT2D eigenvalue weighted by molar-refractivity contribution is 0.220. The van der Waals surface area contributed by atoms with Gasteiger partial charge < -0.3 is 10.1 Å². The van der Waals surface area contributed by atoms with Crippen LogP contribution in [0.1, 0.15) is 6.92 Å². The van der Waals surface area contributed by atoms with Crippen LogP contribution in [0.4, 0.5) is 0 Å². The van der Waals surface area contributed by atoms with Crippen molar-refractivity contribution < 1.29 is 5.11 Å². The number of nitrogens with one attached hydrogen (secondary N) is 1. The normalized spacial score (nSPS) is 12.8. The number of aromatic nitrogens is 2. The fourth-order valence-corrected chi connectivity index (χ4v) is 1.33. The van der Waals surface area contributed by atoms with E-state index in [4.69, 9.17) is 5.11 Å². The van der Waals surface area contributed by atoms with Gasteiger partial charge in [-0.05, 0) is 6.92 Å². The lowest BCUT2D eigenvalue weighted by Crippen LogP contribution is -2.08. The minimum Gasteiger partial charge on any atom is -0.393 e. The number of aromatic amines is 1. The van der Waals surface area contributed by atoms with Crippen LogP contribution in [0.3, 0.4) is 0 Å². The SMILES string of the molecule is CC(O)CSc1nccc(=O)[nH]1. The number of aliphatic hydroxyl groups excluding tert-OH is 1. The molecule has 0 amide bonds. The van der Waals surface area contributed by atoms with Gasteiger partial charge in [0.05, 0.1) is 6.10 Å². The third kappa shape index (κ3) is 3.06. The Hall–Kier alpha value is -0.810. The molecule has 1 rings (SSSR count). The minimum absolute atomic E-state index is 0.168. The van der Waals surface area contributed by atoms with E-state index in [0.717, 1.165) is 0 Å². The highest BCUT2D eigenvalue weighted by molar-refractivity contribution is 7.99. The zero-order valence-electron chi connectivity index (χ0n) is 6.65. The molecule has 1 atom stereocenters. The van der Waals surface area contributed by atoms with Gasteiger partial charge in [0.25, 0.3) is 5.56 Å². The summed E-state index contributed by atoms with van der Waals surface area (Å²) in [5.74, 6) is 0.535. The first kappa shape index (κ1) is 9.28. The number of nitrogens with zero attached hydrogens (tertiary/aromatic N) is 1. The predicted molar refractivity (Wildman–Crippen MR) is 47.3 cm³/mol. The van der Waals surface area contributed by atoms with E-state index in [1.165, 1.54) is 24.0 Å². The smallest absolute Gasteiger partial charge is 0.251 e. The van der Waals surface area contributed by atoms with Gasteiger partial charge in [-0.1, -0.05) is 11.8 Å². The van der Waals surface area contributed by atoms with Crippen molar-refractivity contribution in [3.63, 3.8) is 0 Å². The Morgan fingerprint density at radius 2 is 2.58 bits per heavy atom. The molecule has 66 valence electrons. The quantitative estimate of drug-likeness (QED) is 0.524. The monoisotopic (exact) mass is 186 g/mol. The second kappa shape index (κ2) is 4.27. The van der Waals surface area contributed by atoms with Gasteiger partial charge in [-0.15, -0.1) is 0 Å². The Bertz CT molecular complexity index is 297. The van der Waals surface area contributed by atoms with Gasteiger partial charge in [-0.25, -0.2) is 4.98 Å². The Balaban J connectivity index is 2.58. The van der Waals surface area contributed by atoms with Crippen molar-refractivity contribution in [1.29, 1.82) is 0 Å². The molecule has 1 heterocycles. The number of hydrogen-bond acceptors (Lipinski definition) is 4. The summed E-state index contributed by atoms with van der Waals surface area (Å²) in [4.78, 5) is 17.2. The molecule has 0 aliphatic heterocycles. The molecular weight excluding hydrogens is 176 g/mol. The van der Waals surface area contributed by atoms with Crippen LogP contribution < -0.4 is 5.56 Å². The van der Waals surface area contributed by atoms with E-state index in [0.29, 0.717) is 10.9 Å². The molecule has 5 heteroatoms. The Labute approximate surface area is 74.0 Å². The second-order valence-corrected chi connectivity index (χ2v) is 3.41. The summed E-state index contributed by atoms with van der Waals surface area (Å²) < 4.78 is 0. The van der Waals surface area contributed by atoms with Crippen LogP contribution in [0.15, 0.2) is 22.2 Å². The van der Waals surface area contributed by atoms with Crippen molar-refractivity contribution in [2.24, 2.45) is 0 Å². The van der Waals surface area contributed by atoms with Gasteiger partial charge in [0, 0.05) is 18.0 Å². The number of H-pyrrole nitrogens is 1. The van der Waals surface area contributed by atoms with Crippen molar-refractivity contribution in [2.45, 2.75) is 18.2 Å². The van der Waals surface area contributed by atoms with E-state index in [-0.39, 0.29) is 11.7 Å². The van der Waals surface area contributed by atoms with E-state index in [2.05, 4.69) is 9.97 Å². The summed E-state index contributed by atoms with van der Waals surface area (Å²) >= 11 is 1.33. The van der Waals surface area contributed by atoms with Crippen LogP contribution in [-0.2, 0) is 0 Å². The van der Waals surface area contributed by atoms with E-state index < -0.39 is 0 Å². The van der Waals surface area contributed by atoms with Crippen molar-refractivity contribution in [1.82, 2.24) is 9.97 Å². The maximum absolute atomic E-state index is 10.8. The second-order valence-electron chi connectivity index (χ2n) is 2.40. The van der Waals surface area contributed by atoms with Gasteiger partial charge in [0.15, 0.2) is 5.16 Å². The maximum Gasteiger partial charge on any atom is 0.251 e. The third-order valence-corrected chi connectivity index (χ3v) is 2.24. The molecule has 12 heavy (non-hydrogen) atoms. The lowest BCUT2D eigenvalue weighted by atomic mass is 10.5. The van der Waals surface area contributed by atoms with Gasteiger partial charge in [0.2, 0.25) is 0 Å². The molecule has 1 unspecified atom stereocenters. The van der Waals surface area contributed by atoms with Crippen molar-refractivity contribution in [3.05, 3.63) is 22.6 Å². The topological polar surface area (TPSA) is 66.0 Å². The minimum atomic E-state index is -0.388. The molecule has 1 aromatic rings. The van der Waals surface area contributed by atoms with E-state index in [1.54, 1.807) is 6.92 Å². The van der Waals surface area contributed by atoms with E-state index in [9.17, 15) is 4.79 Å². The fraction of sp³-hybridized carbons (Fsp3) is 0.429. The van der Waals surface area contributed by atoms with E-state index in [1.807, 2.05) is 0 Å². The van der Waals surface area contributed by atoms with Gasteiger partial charge in [-0.3, -0.25) is 4.79 Å². The van der Waals surface area contributed by atoms with Crippen LogP contribution >= 0.6 is 11.8 Å². The third-order valence-electron chi connectivity index (χ3n) is 1.11. The van der Waals surface area contributed by atoms with E-state index >= 15 is 0 Å². The molecule has 1 aromatic heterocycles. The van der Waals surface area contributed by atoms with Crippen LogP contribution in [0.2, 0.25) is 0 Å². The molecule has 0 radical (unpaired) electrons. The zero-order valence-corrected chi connectivity index (χ0v) is 7.47. The first-order chi connectivity index (χ1) is 5.68. The molecule has 2 N–H and O–H groups in total. The number of aliphatic hydroxyl groups is 1. The van der Waals surface area contributed by atoms with Gasteiger partial charge in [-0.2, -0.15) is 0 Å². The highest BCUT2D eigenvalue weighted by atomic mass is 32.2. The maximum atomic E-state index is 10.8. The first-order valence-corrected chi connectivity index (χ1v) is 4.53. The summed E-state index contributed by atoms with van der Waals surface area (Å²) in [5.41, 5.74) is -0.168. The van der Waals surface area contributed by atoms with Crippen molar-refractivity contribution in [3.8, 4) is 0 Å². The number of rotatable bonds is 3. The van der Waals surface area contributed by atoms with Crippen LogP contribution in [-0.4, -0.2) is 26.9 Å². The molecule has 0 bridgehead atoms. The number of thioether (sulfide) groups is 1. The highest BCUT2D eigenvalue weighted by Crippen LogP contribution is 2.10. The number of hydrogen-bond donors (Lipinski definition) is 2. The molecule has 0 spiro atoms. The Morgan fingerprint density at radius 3 is 3.17 bits per heavy atom. The molecule has 0 fully saturated rings. The predicted octanol–water partition coefficient (Wildman–Crippen LogP) is 0.243. The molecule has 0 aromatic carbocycles. The Morgan fingerprint density at radius 1 is 1.83 bits per heavy atom. The summed E-state index contributed by atoms with van der Waals surface area (Å²) in [5, 5.41) is 9.49. The summed E-state index contributed by atoms with van der Waals surface area (Å²) in [6.45, 7) is 1.69. The molecule has 4 nitrogen and oxygen atoms in total. The first-order valence-electron chi connectivity index (χ1n) is 3.54. The lowest BCUT2D eigenvalue weighted by Gasteiger charge is -2.01. The fourth-order valence-electron chi connectivity index (χ4n) is 0.625. The molecule has 0 saturated heterocycles. The van der Waals surface area contributed by atoms with Crippen LogP contribution in [0.5, 0.6) is 0 Å². The van der Waals surface area contributed by atoms with Crippen LogP contribution in [0.25, 0.3) is 0 Å². The molecule has 0 aliphatic carbocycles. The molecule has 0 saturated carbocycles. The van der Waals surface area contributed by atoms with Crippen molar-refractivity contribution >= 4 is 11.8 Å². The summed E-state index contributed by atoms with van der Waals surface area (Å²) in [6, 6.07) is 1.35. The van der Waals surface area contributed by atoms with Crippen molar-refractivity contribution in [2.75, 3.05) is 5.75 Å². The Kier molecular flexibility index (Phi) is 3.31. The molecular formula is C7H10N2O2S. The van der Waals surface area contributed by atoms with Gasteiger partial charge >= 0.3 is 0 Å².